The van der Waals surface area contributed by atoms with E-state index < -0.39 is 18.3 Å². The van der Waals surface area contributed by atoms with Gasteiger partial charge in [-0.3, -0.25) is 4.98 Å². The van der Waals surface area contributed by atoms with Gasteiger partial charge in [-0.05, 0) is 12.1 Å². The number of aromatic nitrogens is 1. The number of pyridine rings is 1. The molecule has 6 heteroatoms. The highest BCUT2D eigenvalue weighted by Crippen LogP contribution is 2.19. The summed E-state index contributed by atoms with van der Waals surface area (Å²) in [6, 6.07) is 4.58. The maximum Gasteiger partial charge on any atom is 0.433 e. The third kappa shape index (κ3) is 2.72. The number of rotatable bonds is 2. The molecule has 0 amide bonds. The fourth-order valence-electron chi connectivity index (χ4n) is 0.867. The van der Waals surface area contributed by atoms with E-state index >= 15 is 0 Å². The molecule has 0 aliphatic rings. The van der Waals surface area contributed by atoms with Crippen molar-refractivity contribution in [3.05, 3.63) is 30.1 Å². The first-order valence-corrected chi connectivity index (χ1v) is 3.72. The van der Waals surface area contributed by atoms with Crippen LogP contribution in [-0.2, 0) is 6.42 Å². The SMILES string of the molecule is O/N=C(\Cc1ccccn1)C(F)(F)F. The summed E-state index contributed by atoms with van der Waals surface area (Å²) in [5, 5.41) is 10.4. The maximum atomic E-state index is 12.1. The Morgan fingerprint density at radius 2 is 2.14 bits per heavy atom. The second-order valence-electron chi connectivity index (χ2n) is 2.54. The third-order valence-corrected chi connectivity index (χ3v) is 1.52. The third-order valence-electron chi connectivity index (χ3n) is 1.52. The normalized spacial score (nSPS) is 12.9. The van der Waals surface area contributed by atoms with Gasteiger partial charge in [0.25, 0.3) is 0 Å². The van der Waals surface area contributed by atoms with Crippen LogP contribution < -0.4 is 0 Å². The summed E-state index contributed by atoms with van der Waals surface area (Å²) < 4.78 is 36.3. The van der Waals surface area contributed by atoms with Crippen molar-refractivity contribution in [1.82, 2.24) is 4.98 Å². The van der Waals surface area contributed by atoms with E-state index in [0.29, 0.717) is 0 Å². The monoisotopic (exact) mass is 204 g/mol. The van der Waals surface area contributed by atoms with Crippen LogP contribution in [0.4, 0.5) is 13.2 Å². The Balaban J connectivity index is 2.78. The summed E-state index contributed by atoms with van der Waals surface area (Å²) in [5.41, 5.74) is -1.05. The van der Waals surface area contributed by atoms with Crippen LogP contribution in [0.25, 0.3) is 0 Å². The van der Waals surface area contributed by atoms with Gasteiger partial charge in [-0.2, -0.15) is 13.2 Å². The van der Waals surface area contributed by atoms with Crippen molar-refractivity contribution in [2.75, 3.05) is 0 Å². The number of nitrogens with zero attached hydrogens (tertiary/aromatic N) is 2. The molecule has 0 aliphatic heterocycles. The minimum Gasteiger partial charge on any atom is -0.411 e. The highest BCUT2D eigenvalue weighted by Gasteiger charge is 2.36. The van der Waals surface area contributed by atoms with Crippen LogP contribution in [0.5, 0.6) is 0 Å². The molecule has 0 spiro atoms. The maximum absolute atomic E-state index is 12.1. The van der Waals surface area contributed by atoms with Crippen LogP contribution >= 0.6 is 0 Å². The van der Waals surface area contributed by atoms with Crippen LogP contribution in [0.2, 0.25) is 0 Å². The lowest BCUT2D eigenvalue weighted by atomic mass is 10.2. The van der Waals surface area contributed by atoms with Crippen LogP contribution in [-0.4, -0.2) is 22.1 Å². The molecule has 0 aromatic carbocycles. The number of hydrogen-bond donors (Lipinski definition) is 1. The van der Waals surface area contributed by atoms with Gasteiger partial charge in [0, 0.05) is 18.3 Å². The second kappa shape index (κ2) is 4.08. The molecule has 0 bridgehead atoms. The first-order valence-electron chi connectivity index (χ1n) is 3.72. The number of oxime groups is 1. The molecule has 0 saturated carbocycles. The van der Waals surface area contributed by atoms with Crippen LogP contribution in [0, 0.1) is 0 Å². The van der Waals surface area contributed by atoms with Gasteiger partial charge < -0.3 is 5.21 Å². The average molecular weight is 204 g/mol. The number of alkyl halides is 3. The van der Waals surface area contributed by atoms with E-state index in [1.807, 2.05) is 0 Å². The molecule has 1 aromatic rings. The fourth-order valence-corrected chi connectivity index (χ4v) is 0.867. The zero-order valence-electron chi connectivity index (χ0n) is 6.99. The molecule has 1 N–H and O–H groups in total. The highest BCUT2D eigenvalue weighted by atomic mass is 19.4. The van der Waals surface area contributed by atoms with Gasteiger partial charge in [0.2, 0.25) is 0 Å². The zero-order valence-corrected chi connectivity index (χ0v) is 6.99. The van der Waals surface area contributed by atoms with Gasteiger partial charge in [-0.15, -0.1) is 0 Å². The summed E-state index contributed by atoms with van der Waals surface area (Å²) in [4.78, 5) is 3.69. The molecule has 76 valence electrons. The average Bonchev–Trinajstić information content (AvgIpc) is 2.14. The molecular formula is C8H7F3N2O. The van der Waals surface area contributed by atoms with Crippen molar-refractivity contribution < 1.29 is 18.4 Å². The number of halogens is 3. The smallest absolute Gasteiger partial charge is 0.411 e. The van der Waals surface area contributed by atoms with E-state index in [0.717, 1.165) is 0 Å². The van der Waals surface area contributed by atoms with E-state index in [4.69, 9.17) is 5.21 Å². The van der Waals surface area contributed by atoms with Gasteiger partial charge in [0.05, 0.1) is 0 Å². The summed E-state index contributed by atoms with van der Waals surface area (Å²) in [5.74, 6) is 0. The number of hydrogen-bond acceptors (Lipinski definition) is 3. The van der Waals surface area contributed by atoms with E-state index in [-0.39, 0.29) is 5.69 Å². The van der Waals surface area contributed by atoms with Crippen molar-refractivity contribution in [2.24, 2.45) is 5.16 Å². The first-order chi connectivity index (χ1) is 6.54. The van der Waals surface area contributed by atoms with Gasteiger partial charge in [0.15, 0.2) is 5.71 Å². The quantitative estimate of drug-likeness (QED) is 0.455. The molecule has 0 aliphatic carbocycles. The van der Waals surface area contributed by atoms with Crippen LogP contribution in [0.1, 0.15) is 5.69 Å². The summed E-state index contributed by atoms with van der Waals surface area (Å²) in [7, 11) is 0. The van der Waals surface area contributed by atoms with Crippen molar-refractivity contribution in [3.8, 4) is 0 Å². The lowest BCUT2D eigenvalue weighted by molar-refractivity contribution is -0.0623. The molecule has 3 nitrogen and oxygen atoms in total. The fraction of sp³-hybridized carbons (Fsp3) is 0.250. The topological polar surface area (TPSA) is 45.5 Å². The molecule has 14 heavy (non-hydrogen) atoms. The second-order valence-corrected chi connectivity index (χ2v) is 2.54. The Kier molecular flexibility index (Phi) is 3.06. The minimum atomic E-state index is -4.62. The lowest BCUT2D eigenvalue weighted by Crippen LogP contribution is -2.25. The Labute approximate surface area is 77.9 Å². The van der Waals surface area contributed by atoms with Crippen LogP contribution in [0.15, 0.2) is 29.6 Å². The minimum absolute atomic E-state index is 0.206. The highest BCUT2D eigenvalue weighted by molar-refractivity contribution is 5.90. The molecule has 1 aromatic heterocycles. The summed E-state index contributed by atoms with van der Waals surface area (Å²) in [6.07, 6.45) is -3.77. The Bertz CT molecular complexity index is 321. The van der Waals surface area contributed by atoms with Crippen LogP contribution in [0.3, 0.4) is 0 Å². The molecule has 0 saturated heterocycles. The first kappa shape index (κ1) is 10.5. The predicted octanol–water partition coefficient (Wildman–Crippen LogP) is 2.02. The van der Waals surface area contributed by atoms with Crippen molar-refractivity contribution in [2.45, 2.75) is 12.6 Å². The van der Waals surface area contributed by atoms with Crippen molar-refractivity contribution in [3.63, 3.8) is 0 Å². The molecule has 1 heterocycles. The molecule has 1 rings (SSSR count). The standard InChI is InChI=1S/C8H7F3N2O/c9-8(10,11)7(13-14)5-6-3-1-2-4-12-6/h1-4,14H,5H2/b13-7+. The van der Waals surface area contributed by atoms with E-state index in [1.54, 1.807) is 12.1 Å². The van der Waals surface area contributed by atoms with Crippen molar-refractivity contribution in [1.29, 1.82) is 0 Å². The largest absolute Gasteiger partial charge is 0.433 e. The summed E-state index contributed by atoms with van der Waals surface area (Å²) in [6.45, 7) is 0. The molecule has 0 fully saturated rings. The lowest BCUT2D eigenvalue weighted by Gasteiger charge is -2.07. The van der Waals surface area contributed by atoms with Crippen molar-refractivity contribution >= 4 is 5.71 Å². The molecular weight excluding hydrogens is 197 g/mol. The van der Waals surface area contributed by atoms with E-state index in [9.17, 15) is 13.2 Å². The van der Waals surface area contributed by atoms with Gasteiger partial charge in [-0.25, -0.2) is 0 Å². The Morgan fingerprint density at radius 1 is 1.43 bits per heavy atom. The molecule has 0 radical (unpaired) electrons. The van der Waals surface area contributed by atoms with Gasteiger partial charge in [-0.1, -0.05) is 11.2 Å². The Morgan fingerprint density at radius 3 is 2.57 bits per heavy atom. The summed E-state index contributed by atoms with van der Waals surface area (Å²) >= 11 is 0. The van der Waals surface area contributed by atoms with Gasteiger partial charge >= 0.3 is 6.18 Å². The molecule has 0 atom stereocenters. The van der Waals surface area contributed by atoms with Gasteiger partial charge in [0.1, 0.15) is 0 Å². The van der Waals surface area contributed by atoms with E-state index in [1.165, 1.54) is 12.3 Å². The predicted molar refractivity (Wildman–Crippen MR) is 43.2 cm³/mol. The molecule has 0 unspecified atom stereocenters. The Hall–Kier alpha value is -1.59. The zero-order chi connectivity index (χ0) is 10.6. The van der Waals surface area contributed by atoms with E-state index in [2.05, 4.69) is 10.1 Å².